The molecule has 2 aliphatic heterocycles. The molecule has 2 aromatic rings. The van der Waals surface area contributed by atoms with Crippen LogP contribution in [-0.4, -0.2) is 49.8 Å². The van der Waals surface area contributed by atoms with Gasteiger partial charge in [0.05, 0.1) is 5.39 Å². The molecule has 2 aliphatic rings. The molecule has 120 valence electrons. The third kappa shape index (κ3) is 2.50. The van der Waals surface area contributed by atoms with Gasteiger partial charge in [-0.1, -0.05) is 5.16 Å². The summed E-state index contributed by atoms with van der Waals surface area (Å²) in [5.41, 5.74) is 1.72. The number of hydrogen-bond donors (Lipinski definition) is 2. The lowest BCUT2D eigenvalue weighted by molar-refractivity contribution is -0.120. The quantitative estimate of drug-likeness (QED) is 0.847. The van der Waals surface area contributed by atoms with Gasteiger partial charge in [0.15, 0.2) is 11.4 Å². The van der Waals surface area contributed by atoms with Crippen molar-refractivity contribution in [2.45, 2.75) is 6.42 Å². The van der Waals surface area contributed by atoms with Gasteiger partial charge in [-0.3, -0.25) is 15.0 Å². The normalized spacial score (nSPS) is 19.3. The number of aromatic nitrogens is 1. The Morgan fingerprint density at radius 1 is 1.13 bits per heavy atom. The Bertz CT molecular complexity index is 766. The molecule has 0 radical (unpaired) electrons. The van der Waals surface area contributed by atoms with Crippen LogP contribution in [0.3, 0.4) is 0 Å². The van der Waals surface area contributed by atoms with Crippen molar-refractivity contribution in [2.75, 3.05) is 42.5 Å². The molecule has 2 saturated heterocycles. The number of rotatable bonds is 2. The topological polar surface area (TPSA) is 90.7 Å². The minimum atomic E-state index is -0.456. The first-order chi connectivity index (χ1) is 11.2. The molecular formula is C15H17N5O3. The molecule has 8 nitrogen and oxygen atoms in total. The highest BCUT2D eigenvalue weighted by molar-refractivity contribution is 6.08. The molecule has 0 bridgehead atoms. The van der Waals surface area contributed by atoms with E-state index in [9.17, 15) is 9.59 Å². The van der Waals surface area contributed by atoms with E-state index in [-0.39, 0.29) is 12.3 Å². The van der Waals surface area contributed by atoms with E-state index in [0.29, 0.717) is 17.9 Å². The number of nitrogens with zero attached hydrogens (tertiary/aromatic N) is 3. The van der Waals surface area contributed by atoms with Gasteiger partial charge in [-0.2, -0.15) is 0 Å². The average molecular weight is 315 g/mol. The summed E-state index contributed by atoms with van der Waals surface area (Å²) >= 11 is 0. The predicted octanol–water partition coefficient (Wildman–Crippen LogP) is 0.684. The summed E-state index contributed by atoms with van der Waals surface area (Å²) in [5.74, 6) is 0.192. The summed E-state index contributed by atoms with van der Waals surface area (Å²) in [5, 5.41) is 10.4. The van der Waals surface area contributed by atoms with Crippen LogP contribution in [0.2, 0.25) is 0 Å². The van der Waals surface area contributed by atoms with Gasteiger partial charge in [-0.25, -0.2) is 4.79 Å². The molecule has 0 spiro atoms. The van der Waals surface area contributed by atoms with Gasteiger partial charge in [0.25, 0.3) is 0 Å². The lowest BCUT2D eigenvalue weighted by atomic mass is 10.2. The van der Waals surface area contributed by atoms with Gasteiger partial charge >= 0.3 is 6.03 Å². The molecule has 3 heterocycles. The summed E-state index contributed by atoms with van der Waals surface area (Å²) in [4.78, 5) is 26.9. The van der Waals surface area contributed by atoms with E-state index >= 15 is 0 Å². The van der Waals surface area contributed by atoms with Crippen LogP contribution in [0.15, 0.2) is 22.7 Å². The first-order valence-corrected chi connectivity index (χ1v) is 7.69. The predicted molar refractivity (Wildman–Crippen MR) is 84.6 cm³/mol. The van der Waals surface area contributed by atoms with Crippen molar-refractivity contribution in [3.05, 3.63) is 18.2 Å². The lowest BCUT2D eigenvalue weighted by Gasteiger charge is -2.29. The Labute approximate surface area is 132 Å². The Morgan fingerprint density at radius 2 is 1.96 bits per heavy atom. The number of carbonyl (C=O) groups excluding carboxylic acids is 2. The van der Waals surface area contributed by atoms with E-state index in [2.05, 4.69) is 20.7 Å². The SMILES string of the molecule is O=C1CCN(c2noc3cc(N4CCNCC4)ccc23)C(=O)N1. The maximum absolute atomic E-state index is 12.0. The third-order valence-electron chi connectivity index (χ3n) is 4.23. The Hall–Kier alpha value is -2.61. The maximum atomic E-state index is 12.0. The van der Waals surface area contributed by atoms with Gasteiger partial charge in [0.1, 0.15) is 0 Å². The van der Waals surface area contributed by atoms with Crippen LogP contribution in [0.4, 0.5) is 16.3 Å². The van der Waals surface area contributed by atoms with E-state index in [0.717, 1.165) is 37.3 Å². The highest BCUT2D eigenvalue weighted by Crippen LogP contribution is 2.30. The van der Waals surface area contributed by atoms with Crippen LogP contribution in [0, 0.1) is 0 Å². The van der Waals surface area contributed by atoms with Gasteiger partial charge in [0, 0.05) is 50.9 Å². The molecule has 0 atom stereocenters. The minimum absolute atomic E-state index is 0.263. The van der Waals surface area contributed by atoms with E-state index < -0.39 is 6.03 Å². The number of imide groups is 1. The lowest BCUT2D eigenvalue weighted by Crippen LogP contribution is -2.49. The minimum Gasteiger partial charge on any atom is -0.369 e. The molecule has 3 amide bonds. The molecule has 4 rings (SSSR count). The molecule has 0 saturated carbocycles. The number of benzene rings is 1. The second-order valence-corrected chi connectivity index (χ2v) is 5.68. The van der Waals surface area contributed by atoms with Crippen LogP contribution < -0.4 is 20.4 Å². The van der Waals surface area contributed by atoms with Crippen molar-refractivity contribution in [3.63, 3.8) is 0 Å². The largest absolute Gasteiger partial charge is 0.369 e. The molecule has 23 heavy (non-hydrogen) atoms. The summed E-state index contributed by atoms with van der Waals surface area (Å²) in [6, 6.07) is 5.43. The number of anilines is 2. The molecule has 1 aromatic carbocycles. The Kier molecular flexibility index (Phi) is 3.38. The maximum Gasteiger partial charge on any atom is 0.329 e. The van der Waals surface area contributed by atoms with Crippen LogP contribution in [0.5, 0.6) is 0 Å². The van der Waals surface area contributed by atoms with Crippen molar-refractivity contribution in [1.82, 2.24) is 15.8 Å². The monoisotopic (exact) mass is 315 g/mol. The summed E-state index contributed by atoms with van der Waals surface area (Å²) in [7, 11) is 0. The first-order valence-electron chi connectivity index (χ1n) is 7.69. The fourth-order valence-electron chi connectivity index (χ4n) is 2.99. The number of hydrogen-bond acceptors (Lipinski definition) is 6. The second-order valence-electron chi connectivity index (χ2n) is 5.68. The van der Waals surface area contributed by atoms with E-state index in [4.69, 9.17) is 4.52 Å². The zero-order chi connectivity index (χ0) is 15.8. The zero-order valence-corrected chi connectivity index (χ0v) is 12.5. The van der Waals surface area contributed by atoms with Gasteiger partial charge < -0.3 is 14.7 Å². The van der Waals surface area contributed by atoms with E-state index in [1.54, 1.807) is 0 Å². The van der Waals surface area contributed by atoms with Crippen molar-refractivity contribution in [1.29, 1.82) is 0 Å². The summed E-state index contributed by atoms with van der Waals surface area (Å²) in [6.45, 7) is 4.13. The highest BCUT2D eigenvalue weighted by atomic mass is 16.5. The molecule has 2 N–H and O–H groups in total. The van der Waals surface area contributed by atoms with Crippen molar-refractivity contribution in [2.24, 2.45) is 0 Å². The highest BCUT2D eigenvalue weighted by Gasteiger charge is 2.28. The van der Waals surface area contributed by atoms with Crippen LogP contribution in [0.1, 0.15) is 6.42 Å². The molecule has 0 unspecified atom stereocenters. The smallest absolute Gasteiger partial charge is 0.329 e. The second kappa shape index (κ2) is 5.54. The van der Waals surface area contributed by atoms with Crippen LogP contribution in [-0.2, 0) is 4.79 Å². The molecule has 0 aliphatic carbocycles. The fraction of sp³-hybridized carbons (Fsp3) is 0.400. The Morgan fingerprint density at radius 3 is 2.74 bits per heavy atom. The number of fused-ring (bicyclic) bond motifs is 1. The molecule has 2 fully saturated rings. The number of amides is 3. The number of piperazine rings is 1. The van der Waals surface area contributed by atoms with E-state index in [1.165, 1.54) is 4.90 Å². The first kappa shape index (κ1) is 14.0. The van der Waals surface area contributed by atoms with Gasteiger partial charge in [-0.05, 0) is 12.1 Å². The third-order valence-corrected chi connectivity index (χ3v) is 4.23. The van der Waals surface area contributed by atoms with Crippen LogP contribution >= 0.6 is 0 Å². The molecular weight excluding hydrogens is 298 g/mol. The van der Waals surface area contributed by atoms with E-state index in [1.807, 2.05) is 18.2 Å². The number of nitrogens with one attached hydrogen (secondary N) is 2. The fourth-order valence-corrected chi connectivity index (χ4v) is 2.99. The van der Waals surface area contributed by atoms with Crippen molar-refractivity contribution in [3.8, 4) is 0 Å². The van der Waals surface area contributed by atoms with Crippen molar-refractivity contribution >= 4 is 34.4 Å². The number of carbonyl (C=O) groups is 2. The van der Waals surface area contributed by atoms with Crippen molar-refractivity contribution < 1.29 is 14.1 Å². The summed E-state index contributed by atoms with van der Waals surface area (Å²) in [6.07, 6.45) is 0.263. The number of urea groups is 1. The molecule has 1 aromatic heterocycles. The van der Waals surface area contributed by atoms with Crippen LogP contribution in [0.25, 0.3) is 11.0 Å². The van der Waals surface area contributed by atoms with Gasteiger partial charge in [-0.15, -0.1) is 0 Å². The Balaban J connectivity index is 1.65. The van der Waals surface area contributed by atoms with Gasteiger partial charge in [0.2, 0.25) is 5.91 Å². The molecule has 8 heteroatoms. The average Bonchev–Trinajstić information content (AvgIpc) is 2.99. The zero-order valence-electron chi connectivity index (χ0n) is 12.5. The standard InChI is InChI=1S/C15H17N5O3/c21-13-3-6-20(15(22)17-13)14-11-2-1-10(9-12(11)23-18-14)19-7-4-16-5-8-19/h1-2,9,16H,3-8H2,(H,17,21,22). The summed E-state index contributed by atoms with van der Waals surface area (Å²) < 4.78 is 5.41.